The molecular weight excluding hydrogens is 378 g/mol. The molecule has 1 aromatic carbocycles. The lowest BCUT2D eigenvalue weighted by molar-refractivity contribution is 0.0198. The number of likely N-dealkylation sites (tertiary alicyclic amines) is 1. The highest BCUT2D eigenvalue weighted by molar-refractivity contribution is 5.92. The number of rotatable bonds is 3. The number of nitrogens with zero attached hydrogens (tertiary/aromatic N) is 2. The van der Waals surface area contributed by atoms with Crippen molar-refractivity contribution >= 4 is 17.8 Å². The minimum Gasteiger partial charge on any atom is -0.444 e. The van der Waals surface area contributed by atoms with Crippen molar-refractivity contribution < 1.29 is 14.3 Å². The number of carbonyl (C=O) groups excluding carboxylic acids is 2. The minimum absolute atomic E-state index is 0.163. The summed E-state index contributed by atoms with van der Waals surface area (Å²) in [4.78, 5) is 28.5. The number of hydrogen-bond donors (Lipinski definition) is 1. The summed E-state index contributed by atoms with van der Waals surface area (Å²) < 4.78 is 5.54. The van der Waals surface area contributed by atoms with Gasteiger partial charge >= 0.3 is 12.1 Å². The largest absolute Gasteiger partial charge is 0.444 e. The number of allylic oxidation sites excluding steroid dienone is 3. The molecule has 0 aromatic heterocycles. The lowest BCUT2D eigenvalue weighted by Gasteiger charge is -2.34. The number of hydrogen-bond acceptors (Lipinski definition) is 3. The predicted octanol–water partition coefficient (Wildman–Crippen LogP) is 5.18. The Morgan fingerprint density at radius 2 is 2.03 bits per heavy atom. The molecule has 0 spiro atoms. The Kier molecular flexibility index (Phi) is 6.85. The quantitative estimate of drug-likeness (QED) is 0.745. The van der Waals surface area contributed by atoms with Crippen LogP contribution >= 0.6 is 0 Å². The Hall–Kier alpha value is -2.76. The number of anilines is 1. The van der Waals surface area contributed by atoms with Crippen molar-refractivity contribution in [3.8, 4) is 0 Å². The highest BCUT2D eigenvalue weighted by Gasteiger charge is 2.28. The third kappa shape index (κ3) is 5.88. The number of piperidine rings is 1. The second kappa shape index (κ2) is 9.37. The minimum atomic E-state index is -0.497. The number of carbonyl (C=O) groups is 2. The first-order valence-corrected chi connectivity index (χ1v) is 10.7. The van der Waals surface area contributed by atoms with E-state index in [1.165, 1.54) is 0 Å². The van der Waals surface area contributed by atoms with Crippen molar-refractivity contribution in [3.63, 3.8) is 0 Å². The van der Waals surface area contributed by atoms with E-state index in [-0.39, 0.29) is 18.0 Å². The highest BCUT2D eigenvalue weighted by Crippen LogP contribution is 2.30. The SMILES string of the molecule is CN(C(=O)NC1=CCCC=C1)c1cccc(C2CCCN(C(=O)OC(C)(C)C)C2)c1. The molecule has 0 saturated carbocycles. The molecule has 1 aliphatic carbocycles. The van der Waals surface area contributed by atoms with Crippen LogP contribution in [-0.2, 0) is 4.74 Å². The van der Waals surface area contributed by atoms with Crippen molar-refractivity contribution in [1.29, 1.82) is 0 Å². The molecule has 1 fully saturated rings. The molecule has 1 saturated heterocycles. The smallest absolute Gasteiger partial charge is 0.410 e. The normalized spacial score (nSPS) is 19.1. The molecule has 3 amide bonds. The van der Waals surface area contributed by atoms with Gasteiger partial charge in [0.15, 0.2) is 0 Å². The average Bonchev–Trinajstić information content (AvgIpc) is 2.73. The van der Waals surface area contributed by atoms with Gasteiger partial charge in [0, 0.05) is 37.4 Å². The zero-order valence-corrected chi connectivity index (χ0v) is 18.5. The summed E-state index contributed by atoms with van der Waals surface area (Å²) in [5, 5.41) is 2.95. The molecule has 1 heterocycles. The van der Waals surface area contributed by atoms with Crippen LogP contribution in [0.5, 0.6) is 0 Å². The van der Waals surface area contributed by atoms with E-state index >= 15 is 0 Å². The summed E-state index contributed by atoms with van der Waals surface area (Å²) in [5.74, 6) is 0.228. The summed E-state index contributed by atoms with van der Waals surface area (Å²) in [6, 6.07) is 7.87. The zero-order chi connectivity index (χ0) is 21.7. The van der Waals surface area contributed by atoms with Crippen molar-refractivity contribution in [2.75, 3.05) is 25.0 Å². The Bertz CT molecular complexity index is 838. The molecule has 2 aliphatic rings. The lowest BCUT2D eigenvalue weighted by atomic mass is 9.90. The fourth-order valence-electron chi connectivity index (χ4n) is 3.76. The highest BCUT2D eigenvalue weighted by atomic mass is 16.6. The van der Waals surface area contributed by atoms with Gasteiger partial charge in [0.2, 0.25) is 0 Å². The fourth-order valence-corrected chi connectivity index (χ4v) is 3.76. The zero-order valence-electron chi connectivity index (χ0n) is 18.5. The summed E-state index contributed by atoms with van der Waals surface area (Å²) >= 11 is 0. The van der Waals surface area contributed by atoms with E-state index in [9.17, 15) is 9.59 Å². The van der Waals surface area contributed by atoms with E-state index in [1.54, 1.807) is 16.8 Å². The maximum absolute atomic E-state index is 12.6. The first-order chi connectivity index (χ1) is 14.2. The summed E-state index contributed by atoms with van der Waals surface area (Å²) in [6.07, 6.45) is 9.69. The van der Waals surface area contributed by atoms with E-state index in [1.807, 2.05) is 51.1 Å². The van der Waals surface area contributed by atoms with Crippen LogP contribution in [0, 0.1) is 0 Å². The van der Waals surface area contributed by atoms with E-state index in [0.29, 0.717) is 6.54 Å². The maximum Gasteiger partial charge on any atom is 0.410 e. The van der Waals surface area contributed by atoms with Gasteiger partial charge in [-0.1, -0.05) is 24.3 Å². The third-order valence-corrected chi connectivity index (χ3v) is 5.35. The van der Waals surface area contributed by atoms with Gasteiger partial charge in [-0.3, -0.25) is 4.90 Å². The Morgan fingerprint density at radius 1 is 1.23 bits per heavy atom. The Morgan fingerprint density at radius 3 is 2.73 bits per heavy atom. The van der Waals surface area contributed by atoms with Gasteiger partial charge < -0.3 is 15.0 Å². The molecule has 0 bridgehead atoms. The first-order valence-electron chi connectivity index (χ1n) is 10.7. The van der Waals surface area contributed by atoms with Crippen LogP contribution in [-0.4, -0.2) is 42.8 Å². The first kappa shape index (κ1) is 21.9. The number of amides is 3. The van der Waals surface area contributed by atoms with Gasteiger partial charge in [-0.05, 0) is 70.2 Å². The van der Waals surface area contributed by atoms with Crippen molar-refractivity contribution in [1.82, 2.24) is 10.2 Å². The Balaban J connectivity index is 1.66. The number of urea groups is 1. The van der Waals surface area contributed by atoms with Gasteiger partial charge in [0.1, 0.15) is 5.60 Å². The van der Waals surface area contributed by atoms with Crippen LogP contribution in [0.4, 0.5) is 15.3 Å². The van der Waals surface area contributed by atoms with Gasteiger partial charge in [-0.15, -0.1) is 0 Å². The van der Waals surface area contributed by atoms with E-state index in [0.717, 1.165) is 49.2 Å². The topological polar surface area (TPSA) is 61.9 Å². The molecule has 0 radical (unpaired) electrons. The molecule has 1 N–H and O–H groups in total. The van der Waals surface area contributed by atoms with Crippen molar-refractivity contribution in [2.45, 2.75) is 58.0 Å². The summed E-state index contributed by atoms with van der Waals surface area (Å²) in [5.41, 5.74) is 2.31. The van der Waals surface area contributed by atoms with Crippen molar-refractivity contribution in [3.05, 3.63) is 53.8 Å². The molecule has 162 valence electrons. The second-order valence-corrected chi connectivity index (χ2v) is 8.99. The van der Waals surface area contributed by atoms with Crippen LogP contribution in [0.3, 0.4) is 0 Å². The van der Waals surface area contributed by atoms with E-state index < -0.39 is 5.60 Å². The van der Waals surface area contributed by atoms with Crippen LogP contribution in [0.2, 0.25) is 0 Å². The predicted molar refractivity (Wildman–Crippen MR) is 120 cm³/mol. The molecule has 1 atom stereocenters. The lowest BCUT2D eigenvalue weighted by Crippen LogP contribution is -2.42. The molecule has 6 heteroatoms. The van der Waals surface area contributed by atoms with Crippen molar-refractivity contribution in [2.24, 2.45) is 0 Å². The van der Waals surface area contributed by atoms with E-state index in [2.05, 4.69) is 17.5 Å². The molecule has 1 aromatic rings. The number of ether oxygens (including phenoxy) is 1. The van der Waals surface area contributed by atoms with Gasteiger partial charge in [-0.25, -0.2) is 9.59 Å². The van der Waals surface area contributed by atoms with Gasteiger partial charge in [-0.2, -0.15) is 0 Å². The van der Waals surface area contributed by atoms with Crippen LogP contribution < -0.4 is 10.2 Å². The molecule has 6 nitrogen and oxygen atoms in total. The standard InChI is InChI=1S/C24H33N3O3/c1-24(2,3)30-23(29)27-15-9-11-19(17-27)18-10-8-14-21(16-18)26(4)22(28)25-20-12-6-5-7-13-20/h6,8,10,12-14,16,19H,5,7,9,11,15,17H2,1-4H3,(H,25,28). The summed E-state index contributed by atoms with van der Waals surface area (Å²) in [6.45, 7) is 7.00. The van der Waals surface area contributed by atoms with Gasteiger partial charge in [0.05, 0.1) is 0 Å². The fraction of sp³-hybridized carbons (Fsp3) is 0.500. The molecular formula is C24H33N3O3. The molecule has 1 unspecified atom stereocenters. The van der Waals surface area contributed by atoms with Crippen LogP contribution in [0.15, 0.2) is 48.2 Å². The number of benzene rings is 1. The maximum atomic E-state index is 12.6. The van der Waals surface area contributed by atoms with Crippen LogP contribution in [0.25, 0.3) is 0 Å². The van der Waals surface area contributed by atoms with Gasteiger partial charge in [0.25, 0.3) is 0 Å². The molecule has 3 rings (SSSR count). The van der Waals surface area contributed by atoms with Crippen LogP contribution in [0.1, 0.15) is 57.9 Å². The molecule has 1 aliphatic heterocycles. The number of nitrogens with one attached hydrogen (secondary N) is 1. The second-order valence-electron chi connectivity index (χ2n) is 8.99. The summed E-state index contributed by atoms with van der Waals surface area (Å²) in [7, 11) is 1.77. The Labute approximate surface area is 179 Å². The monoisotopic (exact) mass is 411 g/mol. The van der Waals surface area contributed by atoms with E-state index in [4.69, 9.17) is 4.74 Å². The third-order valence-electron chi connectivity index (χ3n) is 5.35. The molecule has 30 heavy (non-hydrogen) atoms. The average molecular weight is 412 g/mol.